The lowest BCUT2D eigenvalue weighted by atomic mass is 9.94. The third-order valence-electron chi connectivity index (χ3n) is 5.96. The summed E-state index contributed by atoms with van der Waals surface area (Å²) in [6.45, 7) is 6.45. The Hall–Kier alpha value is -3.46. The predicted octanol–water partition coefficient (Wildman–Crippen LogP) is 1.80. The molecule has 2 aromatic rings. The van der Waals surface area contributed by atoms with Crippen molar-refractivity contribution >= 4 is 23.5 Å². The predicted molar refractivity (Wildman–Crippen MR) is 123 cm³/mol. The lowest BCUT2D eigenvalue weighted by molar-refractivity contribution is -0.159. The number of benzene rings is 1. The minimum absolute atomic E-state index is 0.193. The lowest BCUT2D eigenvalue weighted by Crippen LogP contribution is -2.51. The highest BCUT2D eigenvalue weighted by atomic mass is 16.4. The molecule has 0 bridgehead atoms. The number of anilines is 1. The number of piperazine rings is 1. The molecule has 2 aliphatic rings. The number of aromatic nitrogens is 1. The molecule has 0 saturated carbocycles. The van der Waals surface area contributed by atoms with Crippen LogP contribution in [-0.2, 0) is 20.9 Å². The van der Waals surface area contributed by atoms with Gasteiger partial charge in [-0.2, -0.15) is 0 Å². The van der Waals surface area contributed by atoms with E-state index in [1.165, 1.54) is 11.3 Å². The van der Waals surface area contributed by atoms with Crippen LogP contribution < -0.4 is 4.90 Å². The maximum absolute atomic E-state index is 12.9. The van der Waals surface area contributed by atoms with Gasteiger partial charge in [-0.3, -0.25) is 14.7 Å². The lowest BCUT2D eigenvalue weighted by Gasteiger charge is -2.39. The third kappa shape index (κ3) is 7.28. The van der Waals surface area contributed by atoms with Gasteiger partial charge < -0.3 is 20.0 Å². The number of amides is 1. The molecule has 9 heteroatoms. The van der Waals surface area contributed by atoms with E-state index in [2.05, 4.69) is 50.0 Å². The van der Waals surface area contributed by atoms with E-state index in [0.29, 0.717) is 5.91 Å². The zero-order chi connectivity index (χ0) is 23.6. The summed E-state index contributed by atoms with van der Waals surface area (Å²) in [5.41, 5.74) is 2.51. The zero-order valence-corrected chi connectivity index (χ0v) is 18.5. The second-order valence-corrected chi connectivity index (χ2v) is 8.17. The number of carboxylic acids is 2. The van der Waals surface area contributed by atoms with Crippen LogP contribution in [0.3, 0.4) is 0 Å². The number of piperidine rings is 1. The molecule has 1 aromatic heterocycles. The summed E-state index contributed by atoms with van der Waals surface area (Å²) < 4.78 is 0. The molecule has 2 fully saturated rings. The molecule has 2 aliphatic heterocycles. The minimum atomic E-state index is -1.82. The Balaban J connectivity index is 0.000000454. The highest BCUT2D eigenvalue weighted by Crippen LogP contribution is 2.23. The molecule has 0 radical (unpaired) electrons. The molecule has 0 spiro atoms. The standard InChI is InChI=1S/C22H28N4O.C2H2O4/c27-22(26-15-13-25(14-16-26)21-6-2-1-3-7-21)20-8-11-24(12-9-20)18-19-5-4-10-23-17-19;3-1(4)2(5)6/h1-7,10,17,20H,8-9,11-16,18H2;(H,3,4)(H,5,6). The molecule has 4 rings (SSSR count). The summed E-state index contributed by atoms with van der Waals surface area (Å²) >= 11 is 0. The fraction of sp³-hybridized carbons (Fsp3) is 0.417. The van der Waals surface area contributed by atoms with Crippen molar-refractivity contribution in [3.05, 3.63) is 60.4 Å². The molecule has 0 aliphatic carbocycles. The van der Waals surface area contributed by atoms with Crippen molar-refractivity contribution in [1.82, 2.24) is 14.8 Å². The van der Waals surface area contributed by atoms with Crippen LogP contribution in [0.1, 0.15) is 18.4 Å². The van der Waals surface area contributed by atoms with E-state index in [9.17, 15) is 4.79 Å². The quantitative estimate of drug-likeness (QED) is 0.673. The van der Waals surface area contributed by atoms with Gasteiger partial charge in [-0.1, -0.05) is 24.3 Å². The van der Waals surface area contributed by atoms with Crippen molar-refractivity contribution in [3.63, 3.8) is 0 Å². The third-order valence-corrected chi connectivity index (χ3v) is 5.96. The van der Waals surface area contributed by atoms with Crippen LogP contribution in [0.15, 0.2) is 54.9 Å². The highest BCUT2D eigenvalue weighted by molar-refractivity contribution is 6.27. The smallest absolute Gasteiger partial charge is 0.414 e. The molecule has 1 amide bonds. The van der Waals surface area contributed by atoms with E-state index in [-0.39, 0.29) is 5.92 Å². The van der Waals surface area contributed by atoms with Gasteiger partial charge in [0.05, 0.1) is 0 Å². The van der Waals surface area contributed by atoms with Crippen LogP contribution in [0, 0.1) is 5.92 Å². The summed E-state index contributed by atoms with van der Waals surface area (Å²) in [4.78, 5) is 42.2. The molecule has 33 heavy (non-hydrogen) atoms. The van der Waals surface area contributed by atoms with E-state index in [1.54, 1.807) is 0 Å². The molecule has 2 N–H and O–H groups in total. The average Bonchev–Trinajstić information content (AvgIpc) is 2.86. The Labute approximate surface area is 193 Å². The van der Waals surface area contributed by atoms with Crippen molar-refractivity contribution < 1.29 is 24.6 Å². The van der Waals surface area contributed by atoms with E-state index in [4.69, 9.17) is 19.8 Å². The molecular formula is C24H30N4O5. The number of carboxylic acid groups (broad SMARTS) is 2. The number of carbonyl (C=O) groups is 3. The summed E-state index contributed by atoms with van der Waals surface area (Å²) in [5, 5.41) is 14.8. The number of aliphatic carboxylic acids is 2. The number of para-hydroxylation sites is 1. The van der Waals surface area contributed by atoms with Gasteiger partial charge in [-0.25, -0.2) is 9.59 Å². The first-order valence-electron chi connectivity index (χ1n) is 11.1. The Morgan fingerprint density at radius 1 is 0.848 bits per heavy atom. The number of hydrogen-bond donors (Lipinski definition) is 2. The maximum Gasteiger partial charge on any atom is 0.414 e. The van der Waals surface area contributed by atoms with Gasteiger partial charge in [0.15, 0.2) is 0 Å². The second-order valence-electron chi connectivity index (χ2n) is 8.17. The zero-order valence-electron chi connectivity index (χ0n) is 18.5. The normalized spacial score (nSPS) is 17.1. The Morgan fingerprint density at radius 2 is 1.48 bits per heavy atom. The summed E-state index contributed by atoms with van der Waals surface area (Å²) in [7, 11) is 0. The molecular weight excluding hydrogens is 424 g/mol. The van der Waals surface area contributed by atoms with Gasteiger partial charge in [-0.05, 0) is 49.7 Å². The fourth-order valence-corrected chi connectivity index (χ4v) is 4.17. The molecule has 0 unspecified atom stereocenters. The minimum Gasteiger partial charge on any atom is -0.473 e. The molecule has 176 valence electrons. The number of nitrogens with zero attached hydrogens (tertiary/aromatic N) is 4. The van der Waals surface area contributed by atoms with Crippen LogP contribution in [0.5, 0.6) is 0 Å². The van der Waals surface area contributed by atoms with Gasteiger partial charge in [0.25, 0.3) is 0 Å². The largest absolute Gasteiger partial charge is 0.473 e. The van der Waals surface area contributed by atoms with E-state index in [1.807, 2.05) is 24.5 Å². The topological polar surface area (TPSA) is 114 Å². The average molecular weight is 455 g/mol. The first-order chi connectivity index (χ1) is 15.9. The second kappa shape index (κ2) is 12.0. The van der Waals surface area contributed by atoms with Crippen molar-refractivity contribution in [3.8, 4) is 0 Å². The van der Waals surface area contributed by atoms with Crippen LogP contribution in [0.2, 0.25) is 0 Å². The molecule has 2 saturated heterocycles. The Morgan fingerprint density at radius 3 is 2.03 bits per heavy atom. The summed E-state index contributed by atoms with van der Waals surface area (Å²) in [5.74, 6) is -3.09. The fourth-order valence-electron chi connectivity index (χ4n) is 4.17. The van der Waals surface area contributed by atoms with Crippen LogP contribution in [0.4, 0.5) is 5.69 Å². The van der Waals surface area contributed by atoms with E-state index >= 15 is 0 Å². The first-order valence-corrected chi connectivity index (χ1v) is 11.1. The first kappa shape index (κ1) is 24.2. The molecule has 0 atom stereocenters. The van der Waals surface area contributed by atoms with Crippen LogP contribution in [0.25, 0.3) is 0 Å². The summed E-state index contributed by atoms with van der Waals surface area (Å²) in [6, 6.07) is 14.6. The number of likely N-dealkylation sites (tertiary alicyclic amines) is 1. The Kier molecular flexibility index (Phi) is 8.77. The number of rotatable bonds is 4. The van der Waals surface area contributed by atoms with Crippen molar-refractivity contribution in [2.24, 2.45) is 5.92 Å². The van der Waals surface area contributed by atoms with Gasteiger partial charge in [0, 0.05) is 56.7 Å². The molecule has 9 nitrogen and oxygen atoms in total. The number of carbonyl (C=O) groups excluding carboxylic acids is 1. The van der Waals surface area contributed by atoms with Crippen molar-refractivity contribution in [2.45, 2.75) is 19.4 Å². The van der Waals surface area contributed by atoms with Gasteiger partial charge in [0.1, 0.15) is 0 Å². The Bertz CT molecular complexity index is 897. The van der Waals surface area contributed by atoms with E-state index < -0.39 is 11.9 Å². The van der Waals surface area contributed by atoms with Crippen LogP contribution in [-0.4, -0.2) is 82.1 Å². The monoisotopic (exact) mass is 454 g/mol. The number of hydrogen-bond acceptors (Lipinski definition) is 6. The van der Waals surface area contributed by atoms with E-state index in [0.717, 1.165) is 58.7 Å². The highest BCUT2D eigenvalue weighted by Gasteiger charge is 2.30. The van der Waals surface area contributed by atoms with Gasteiger partial charge >= 0.3 is 11.9 Å². The van der Waals surface area contributed by atoms with Gasteiger partial charge in [-0.15, -0.1) is 0 Å². The molecule has 1 aromatic carbocycles. The van der Waals surface area contributed by atoms with Gasteiger partial charge in [0.2, 0.25) is 5.91 Å². The van der Waals surface area contributed by atoms with Crippen LogP contribution >= 0.6 is 0 Å². The summed E-state index contributed by atoms with van der Waals surface area (Å²) in [6.07, 6.45) is 5.69. The maximum atomic E-state index is 12.9. The van der Waals surface area contributed by atoms with Crippen molar-refractivity contribution in [2.75, 3.05) is 44.2 Å². The number of pyridine rings is 1. The van der Waals surface area contributed by atoms with Crippen molar-refractivity contribution in [1.29, 1.82) is 0 Å². The molecule has 3 heterocycles. The SMILES string of the molecule is O=C(C1CCN(Cc2cccnc2)CC1)N1CCN(c2ccccc2)CC1.O=C(O)C(=O)O.